The van der Waals surface area contributed by atoms with E-state index in [9.17, 15) is 9.59 Å². The minimum Gasteiger partial charge on any atom is -0.329 e. The third-order valence-corrected chi connectivity index (χ3v) is 4.18. The largest absolute Gasteiger partial charge is 0.329 e. The van der Waals surface area contributed by atoms with Crippen LogP contribution in [0.5, 0.6) is 0 Å². The lowest BCUT2D eigenvalue weighted by molar-refractivity contribution is -0.141. The van der Waals surface area contributed by atoms with Crippen LogP contribution in [0.1, 0.15) is 25.3 Å². The highest BCUT2D eigenvalue weighted by atomic mass is 16.2. The number of carbonyl (C=O) groups excluding carboxylic acids is 2. The van der Waals surface area contributed by atoms with Crippen molar-refractivity contribution in [3.63, 3.8) is 0 Å². The topological polar surface area (TPSA) is 40.6 Å². The van der Waals surface area contributed by atoms with Crippen molar-refractivity contribution < 1.29 is 9.59 Å². The second-order valence-electron chi connectivity index (χ2n) is 5.81. The number of aryl methyl sites for hydroxylation is 1. The van der Waals surface area contributed by atoms with Gasteiger partial charge in [-0.1, -0.05) is 12.1 Å². The summed E-state index contributed by atoms with van der Waals surface area (Å²) >= 11 is 0. The fourth-order valence-electron chi connectivity index (χ4n) is 2.79. The average Bonchev–Trinajstić information content (AvgIpc) is 3.25. The van der Waals surface area contributed by atoms with Gasteiger partial charge in [0.15, 0.2) is 0 Å². The summed E-state index contributed by atoms with van der Waals surface area (Å²) in [5.74, 6) is 0.362. The Morgan fingerprint density at radius 2 is 2.00 bits per heavy atom. The van der Waals surface area contributed by atoms with Crippen molar-refractivity contribution in [2.45, 2.75) is 32.7 Å². The van der Waals surface area contributed by atoms with E-state index < -0.39 is 0 Å². The highest BCUT2D eigenvalue weighted by Crippen LogP contribution is 2.33. The number of amides is 2. The summed E-state index contributed by atoms with van der Waals surface area (Å²) in [6.07, 6.45) is 1.97. The van der Waals surface area contributed by atoms with Crippen LogP contribution in [0.4, 0.5) is 5.69 Å². The molecule has 1 aliphatic heterocycles. The Balaban J connectivity index is 1.78. The summed E-state index contributed by atoms with van der Waals surface area (Å²) in [5, 5.41) is 0. The van der Waals surface area contributed by atoms with Crippen LogP contribution in [0.3, 0.4) is 0 Å². The van der Waals surface area contributed by atoms with Crippen molar-refractivity contribution in [2.24, 2.45) is 5.92 Å². The third-order valence-electron chi connectivity index (χ3n) is 4.18. The third kappa shape index (κ3) is 2.30. The lowest BCUT2D eigenvalue weighted by atomic mass is 10.1. The molecule has 1 unspecified atom stereocenters. The van der Waals surface area contributed by atoms with Gasteiger partial charge >= 0.3 is 0 Å². The molecular weight excluding hydrogens is 252 g/mol. The van der Waals surface area contributed by atoms with Gasteiger partial charge in [-0.05, 0) is 44.4 Å². The predicted octanol–water partition coefficient (Wildman–Crippen LogP) is 1.97. The molecule has 1 aliphatic carbocycles. The Hall–Kier alpha value is -1.84. The number of benzene rings is 1. The summed E-state index contributed by atoms with van der Waals surface area (Å²) in [5.41, 5.74) is 2.07. The fourth-order valence-corrected chi connectivity index (χ4v) is 2.79. The zero-order valence-electron chi connectivity index (χ0n) is 12.0. The second-order valence-corrected chi connectivity index (χ2v) is 5.81. The summed E-state index contributed by atoms with van der Waals surface area (Å²) < 4.78 is 0. The van der Waals surface area contributed by atoms with Crippen LogP contribution in [0.25, 0.3) is 0 Å². The van der Waals surface area contributed by atoms with Gasteiger partial charge in [-0.3, -0.25) is 9.59 Å². The van der Waals surface area contributed by atoms with Gasteiger partial charge in [-0.25, -0.2) is 0 Å². The van der Waals surface area contributed by atoms with Gasteiger partial charge in [-0.2, -0.15) is 0 Å². The van der Waals surface area contributed by atoms with Gasteiger partial charge in [0.2, 0.25) is 11.8 Å². The zero-order valence-corrected chi connectivity index (χ0v) is 12.0. The Kier molecular flexibility index (Phi) is 3.24. The number of carbonyl (C=O) groups is 2. The molecule has 0 spiro atoms. The van der Waals surface area contributed by atoms with Gasteiger partial charge in [0.25, 0.3) is 0 Å². The SMILES string of the molecule is Cc1cccc(N2CCN(C(=O)C3CC3)C(C)C2=O)c1. The van der Waals surface area contributed by atoms with Crippen LogP contribution >= 0.6 is 0 Å². The molecule has 2 amide bonds. The van der Waals surface area contributed by atoms with Gasteiger partial charge in [0, 0.05) is 24.7 Å². The maximum absolute atomic E-state index is 12.5. The molecule has 1 heterocycles. The maximum atomic E-state index is 12.5. The first-order valence-electron chi connectivity index (χ1n) is 7.26. The molecule has 2 aliphatic rings. The van der Waals surface area contributed by atoms with Gasteiger partial charge < -0.3 is 9.80 Å². The first-order chi connectivity index (χ1) is 9.58. The van der Waals surface area contributed by atoms with Crippen molar-refractivity contribution >= 4 is 17.5 Å². The molecule has 0 radical (unpaired) electrons. The summed E-state index contributed by atoms with van der Waals surface area (Å²) in [6.45, 7) is 5.08. The van der Waals surface area contributed by atoms with Crippen molar-refractivity contribution in [1.29, 1.82) is 0 Å². The minimum absolute atomic E-state index is 0.0239. The molecule has 4 nitrogen and oxygen atoms in total. The van der Waals surface area contributed by atoms with Gasteiger partial charge in [-0.15, -0.1) is 0 Å². The summed E-state index contributed by atoms with van der Waals surface area (Å²) in [6, 6.07) is 7.60. The van der Waals surface area contributed by atoms with Crippen LogP contribution in [-0.4, -0.2) is 35.8 Å². The smallest absolute Gasteiger partial charge is 0.249 e. The number of rotatable bonds is 2. The number of hydrogen-bond acceptors (Lipinski definition) is 2. The van der Waals surface area contributed by atoms with Crippen LogP contribution in [-0.2, 0) is 9.59 Å². The van der Waals surface area contributed by atoms with Crippen LogP contribution in [0.2, 0.25) is 0 Å². The molecular formula is C16H20N2O2. The van der Waals surface area contributed by atoms with Crippen LogP contribution in [0, 0.1) is 12.8 Å². The van der Waals surface area contributed by atoms with Crippen molar-refractivity contribution in [3.05, 3.63) is 29.8 Å². The van der Waals surface area contributed by atoms with Crippen LogP contribution < -0.4 is 4.90 Å². The van der Waals surface area contributed by atoms with E-state index in [2.05, 4.69) is 0 Å². The molecule has 0 bridgehead atoms. The van der Waals surface area contributed by atoms with Crippen molar-refractivity contribution in [1.82, 2.24) is 4.90 Å². The Morgan fingerprint density at radius 1 is 1.25 bits per heavy atom. The van der Waals surface area contributed by atoms with E-state index in [4.69, 9.17) is 0 Å². The van der Waals surface area contributed by atoms with E-state index in [1.54, 1.807) is 9.80 Å². The molecule has 20 heavy (non-hydrogen) atoms. The van der Waals surface area contributed by atoms with Crippen LogP contribution in [0.15, 0.2) is 24.3 Å². The lowest BCUT2D eigenvalue weighted by Gasteiger charge is -2.39. The molecule has 3 rings (SSSR count). The molecule has 0 N–H and O–H groups in total. The highest BCUT2D eigenvalue weighted by Gasteiger charge is 2.40. The highest BCUT2D eigenvalue weighted by molar-refractivity contribution is 6.00. The van der Waals surface area contributed by atoms with Crippen molar-refractivity contribution in [2.75, 3.05) is 18.0 Å². The van der Waals surface area contributed by atoms with E-state index in [1.807, 2.05) is 38.1 Å². The monoisotopic (exact) mass is 272 g/mol. The summed E-state index contributed by atoms with van der Waals surface area (Å²) in [4.78, 5) is 28.3. The fraction of sp³-hybridized carbons (Fsp3) is 0.500. The first-order valence-corrected chi connectivity index (χ1v) is 7.26. The predicted molar refractivity (Wildman–Crippen MR) is 77.4 cm³/mol. The number of nitrogens with zero attached hydrogens (tertiary/aromatic N) is 2. The molecule has 1 saturated heterocycles. The number of piperazine rings is 1. The normalized spacial score (nSPS) is 23.1. The molecule has 0 aromatic heterocycles. The Bertz CT molecular complexity index is 551. The molecule has 1 atom stereocenters. The van der Waals surface area contributed by atoms with E-state index in [0.29, 0.717) is 13.1 Å². The quantitative estimate of drug-likeness (QED) is 0.826. The Labute approximate surface area is 119 Å². The first kappa shape index (κ1) is 13.2. The standard InChI is InChI=1S/C16H20N2O2/c1-11-4-3-5-14(10-11)18-9-8-17(12(2)15(18)19)16(20)13-6-7-13/h3-5,10,12-13H,6-9H2,1-2H3. The molecule has 106 valence electrons. The Morgan fingerprint density at radius 3 is 2.65 bits per heavy atom. The molecule has 1 aromatic rings. The van der Waals surface area contributed by atoms with Crippen molar-refractivity contribution in [3.8, 4) is 0 Å². The van der Waals surface area contributed by atoms with E-state index >= 15 is 0 Å². The average molecular weight is 272 g/mol. The summed E-state index contributed by atoms with van der Waals surface area (Å²) in [7, 11) is 0. The van der Waals surface area contributed by atoms with E-state index in [-0.39, 0.29) is 23.8 Å². The maximum Gasteiger partial charge on any atom is 0.249 e. The molecule has 2 fully saturated rings. The second kappa shape index (κ2) is 4.93. The molecule has 1 aromatic carbocycles. The van der Waals surface area contributed by atoms with Gasteiger partial charge in [0.1, 0.15) is 6.04 Å². The van der Waals surface area contributed by atoms with E-state index in [1.165, 1.54) is 0 Å². The zero-order chi connectivity index (χ0) is 14.3. The van der Waals surface area contributed by atoms with Gasteiger partial charge in [0.05, 0.1) is 0 Å². The minimum atomic E-state index is -0.350. The molecule has 4 heteroatoms. The lowest BCUT2D eigenvalue weighted by Crippen LogP contribution is -2.58. The number of anilines is 1. The number of hydrogen-bond donors (Lipinski definition) is 0. The van der Waals surface area contributed by atoms with E-state index in [0.717, 1.165) is 24.1 Å². The molecule has 1 saturated carbocycles.